The average Bonchev–Trinajstić information content (AvgIpc) is 3.31. The molecule has 13 heteroatoms. The topological polar surface area (TPSA) is 181 Å². The molecule has 5 rings (SSSR count). The minimum atomic E-state index is -2.03. The Balaban J connectivity index is 1.62. The Kier molecular flexibility index (Phi) is 10.2. The van der Waals surface area contributed by atoms with Crippen molar-refractivity contribution < 1.29 is 62.6 Å². The summed E-state index contributed by atoms with van der Waals surface area (Å²) in [5.74, 6) is -5.24. The first kappa shape index (κ1) is 36.7. The number of rotatable bonds is 10. The molecule has 1 unspecified atom stereocenters. The summed E-state index contributed by atoms with van der Waals surface area (Å²) in [6.45, 7) is 5.59. The largest absolute Gasteiger partial charge is 0.459 e. The minimum absolute atomic E-state index is 0.0157. The average molecular weight is 695 g/mol. The number of aliphatic hydroxyl groups excluding tert-OH is 1. The van der Waals surface area contributed by atoms with Crippen LogP contribution in [0.4, 0.5) is 0 Å². The van der Waals surface area contributed by atoms with Crippen molar-refractivity contribution in [1.29, 1.82) is 0 Å². The van der Waals surface area contributed by atoms with Gasteiger partial charge in [-0.1, -0.05) is 48.5 Å². The fourth-order valence-electron chi connectivity index (χ4n) is 8.04. The second-order valence-corrected chi connectivity index (χ2v) is 13.6. The Labute approximate surface area is 289 Å². The molecule has 13 nitrogen and oxygen atoms in total. The lowest BCUT2D eigenvalue weighted by Gasteiger charge is -2.64. The summed E-state index contributed by atoms with van der Waals surface area (Å²) in [6, 6.07) is 17.1. The molecule has 1 heterocycles. The highest BCUT2D eigenvalue weighted by molar-refractivity contribution is 5.89. The molecule has 0 radical (unpaired) electrons. The molecule has 1 saturated heterocycles. The van der Waals surface area contributed by atoms with Crippen LogP contribution in [-0.2, 0) is 47.6 Å². The molecule has 1 spiro atoms. The van der Waals surface area contributed by atoms with E-state index in [2.05, 4.69) is 0 Å². The van der Waals surface area contributed by atoms with E-state index in [1.807, 2.05) is 6.07 Å². The molecule has 50 heavy (non-hydrogen) atoms. The van der Waals surface area contributed by atoms with Crippen molar-refractivity contribution in [3.63, 3.8) is 0 Å². The maximum Gasteiger partial charge on any atom is 0.344 e. The Morgan fingerprint density at radius 1 is 0.860 bits per heavy atom. The molecule has 268 valence electrons. The number of carbonyl (C=O) groups excluding carboxylic acids is 5. The fraction of sp³-hybridized carbons (Fsp3) is 0.486. The van der Waals surface area contributed by atoms with Crippen LogP contribution in [-0.4, -0.2) is 94.5 Å². The SMILES string of the molecule is CC(=O)OCC(=O)O[C@H]1CC[C@](C)(O)[C@]23OC(C)(COC(=O)c4ccccc4)[C@H]([C@H](O)[C@H](OC(=O)/C=C/c4ccccc4)[C@]12C)[C@H]3OC(C)=O. The van der Waals surface area contributed by atoms with E-state index in [0.29, 0.717) is 5.56 Å². The Morgan fingerprint density at radius 2 is 1.50 bits per heavy atom. The number of hydrogen-bond acceptors (Lipinski definition) is 13. The monoisotopic (exact) mass is 694 g/mol. The maximum atomic E-state index is 13.5. The predicted octanol–water partition coefficient (Wildman–Crippen LogP) is 2.94. The Morgan fingerprint density at radius 3 is 2.12 bits per heavy atom. The van der Waals surface area contributed by atoms with Gasteiger partial charge >= 0.3 is 29.8 Å². The van der Waals surface area contributed by atoms with Crippen LogP contribution >= 0.6 is 0 Å². The summed E-state index contributed by atoms with van der Waals surface area (Å²) < 4.78 is 35.2. The van der Waals surface area contributed by atoms with Gasteiger partial charge in [0.25, 0.3) is 0 Å². The molecule has 2 aromatic carbocycles. The van der Waals surface area contributed by atoms with Gasteiger partial charge in [-0.25, -0.2) is 14.4 Å². The van der Waals surface area contributed by atoms with E-state index in [1.165, 1.54) is 32.9 Å². The fourth-order valence-corrected chi connectivity index (χ4v) is 8.04. The summed E-state index contributed by atoms with van der Waals surface area (Å²) in [6.07, 6.45) is -3.28. The van der Waals surface area contributed by atoms with Crippen molar-refractivity contribution >= 4 is 35.9 Å². The summed E-state index contributed by atoms with van der Waals surface area (Å²) >= 11 is 0. The number of aliphatic hydroxyl groups is 2. The lowest BCUT2D eigenvalue weighted by Crippen LogP contribution is -2.81. The highest BCUT2D eigenvalue weighted by Gasteiger charge is 2.85. The molecule has 2 N–H and O–H groups in total. The molecule has 0 aromatic heterocycles. The highest BCUT2D eigenvalue weighted by Crippen LogP contribution is 2.68. The molecule has 3 aliphatic rings. The summed E-state index contributed by atoms with van der Waals surface area (Å²) in [5, 5.41) is 24.6. The molecule has 0 amide bonds. The van der Waals surface area contributed by atoms with Crippen molar-refractivity contribution in [3.05, 3.63) is 77.9 Å². The van der Waals surface area contributed by atoms with Gasteiger partial charge in [0.05, 0.1) is 22.5 Å². The number of benzene rings is 2. The number of esters is 5. The zero-order chi connectivity index (χ0) is 36.5. The van der Waals surface area contributed by atoms with E-state index < -0.39 is 95.6 Å². The summed E-state index contributed by atoms with van der Waals surface area (Å²) in [7, 11) is 0. The smallest absolute Gasteiger partial charge is 0.344 e. The van der Waals surface area contributed by atoms with Crippen LogP contribution in [0.25, 0.3) is 6.08 Å². The molecule has 2 aliphatic carbocycles. The van der Waals surface area contributed by atoms with Gasteiger partial charge in [0.2, 0.25) is 0 Å². The third-order valence-corrected chi connectivity index (χ3v) is 10.2. The molecule has 3 fully saturated rings. The van der Waals surface area contributed by atoms with Gasteiger partial charge in [-0.15, -0.1) is 0 Å². The van der Waals surface area contributed by atoms with Gasteiger partial charge in [-0.05, 0) is 57.4 Å². The van der Waals surface area contributed by atoms with Crippen LogP contribution in [0.5, 0.6) is 0 Å². The minimum Gasteiger partial charge on any atom is -0.459 e. The van der Waals surface area contributed by atoms with Crippen molar-refractivity contribution in [2.45, 2.75) is 88.7 Å². The van der Waals surface area contributed by atoms with Gasteiger partial charge in [0.1, 0.15) is 42.2 Å². The van der Waals surface area contributed by atoms with E-state index in [0.717, 1.165) is 13.8 Å². The summed E-state index contributed by atoms with van der Waals surface area (Å²) in [5.41, 5.74) is -6.43. The third-order valence-electron chi connectivity index (χ3n) is 10.2. The second-order valence-electron chi connectivity index (χ2n) is 13.6. The van der Waals surface area contributed by atoms with Crippen molar-refractivity contribution in [2.75, 3.05) is 13.2 Å². The van der Waals surface area contributed by atoms with Crippen LogP contribution in [0, 0.1) is 11.3 Å². The van der Waals surface area contributed by atoms with Gasteiger partial charge in [-0.2, -0.15) is 0 Å². The zero-order valence-electron chi connectivity index (χ0n) is 28.5. The molecule has 2 bridgehead atoms. The van der Waals surface area contributed by atoms with Crippen molar-refractivity contribution in [3.8, 4) is 0 Å². The lowest BCUT2D eigenvalue weighted by atomic mass is 9.47. The molecule has 2 aromatic rings. The van der Waals surface area contributed by atoms with Crippen molar-refractivity contribution in [1.82, 2.24) is 0 Å². The number of hydrogen-bond donors (Lipinski definition) is 2. The highest BCUT2D eigenvalue weighted by atomic mass is 16.6. The first-order chi connectivity index (χ1) is 23.6. The van der Waals surface area contributed by atoms with E-state index in [4.69, 9.17) is 28.4 Å². The summed E-state index contributed by atoms with van der Waals surface area (Å²) in [4.78, 5) is 63.8. The Bertz CT molecular complexity index is 1640. The molecular formula is C37H42O13. The quantitative estimate of drug-likeness (QED) is 0.211. The first-order valence-corrected chi connectivity index (χ1v) is 16.3. The normalized spacial score (nSPS) is 34.3. The molecular weight excluding hydrogens is 652 g/mol. The predicted molar refractivity (Wildman–Crippen MR) is 174 cm³/mol. The second kappa shape index (κ2) is 14.0. The lowest BCUT2D eigenvalue weighted by molar-refractivity contribution is -0.339. The van der Waals surface area contributed by atoms with Crippen LogP contribution in [0.15, 0.2) is 66.7 Å². The van der Waals surface area contributed by atoms with Crippen LogP contribution in [0.3, 0.4) is 0 Å². The van der Waals surface area contributed by atoms with Crippen molar-refractivity contribution in [2.24, 2.45) is 11.3 Å². The van der Waals surface area contributed by atoms with Crippen LogP contribution in [0.2, 0.25) is 0 Å². The third kappa shape index (κ3) is 6.52. The Hall–Kier alpha value is -4.59. The first-order valence-electron chi connectivity index (χ1n) is 16.3. The number of ether oxygens (including phenoxy) is 6. The number of carbonyl (C=O) groups is 5. The van der Waals surface area contributed by atoms with E-state index in [-0.39, 0.29) is 18.4 Å². The van der Waals surface area contributed by atoms with Gasteiger partial charge in [0, 0.05) is 19.9 Å². The van der Waals surface area contributed by atoms with Gasteiger partial charge in [-0.3, -0.25) is 9.59 Å². The van der Waals surface area contributed by atoms with Crippen LogP contribution < -0.4 is 0 Å². The zero-order valence-corrected chi connectivity index (χ0v) is 28.5. The molecule has 1 aliphatic heterocycles. The van der Waals surface area contributed by atoms with E-state index in [1.54, 1.807) is 54.6 Å². The maximum absolute atomic E-state index is 13.5. The standard InChI is InChI=1S/C37H42O13/c1-22(38)45-20-28(41)48-26-18-19-35(4,44)37-31(47-23(2)39)29(34(3,50-37)21-46-33(43)25-14-10-7-11-15-25)30(42)32(36(26,37)5)49-27(40)17-16-24-12-8-6-9-13-24/h6-17,26,29-32,42,44H,18-21H2,1-5H3/b17-16+/t26-,29+,30-,31+,32-,34?,35-,36-,37-/m0/s1. The van der Waals surface area contributed by atoms with Gasteiger partial charge < -0.3 is 38.6 Å². The molecule has 9 atom stereocenters. The van der Waals surface area contributed by atoms with Crippen LogP contribution in [0.1, 0.15) is 63.4 Å². The van der Waals surface area contributed by atoms with E-state index in [9.17, 15) is 34.2 Å². The van der Waals surface area contributed by atoms with E-state index >= 15 is 0 Å². The number of fused-ring (bicyclic) bond motifs is 1. The van der Waals surface area contributed by atoms with Gasteiger partial charge in [0.15, 0.2) is 6.61 Å². The molecule has 2 saturated carbocycles.